The SMILES string of the molecule is CCOC(=O)N1CCN(C(=O)C(CCC(=O)OC(C)(C)C)NC(=O)c2cc(N3CCCC[C@H]3COC)nc(-c3ccccc3)n2)CC1. The quantitative estimate of drug-likeness (QED) is 0.357. The van der Waals surface area contributed by atoms with Crippen LogP contribution in [0.1, 0.15) is 70.3 Å². The Morgan fingerprint density at radius 2 is 1.68 bits per heavy atom. The fraction of sp³-hybridized carbons (Fsp3) is 0.588. The van der Waals surface area contributed by atoms with Crippen molar-refractivity contribution < 1.29 is 33.4 Å². The summed E-state index contributed by atoms with van der Waals surface area (Å²) >= 11 is 0. The van der Waals surface area contributed by atoms with E-state index in [0.29, 0.717) is 31.3 Å². The number of piperazine rings is 1. The average Bonchev–Trinajstić information content (AvgIpc) is 3.06. The van der Waals surface area contributed by atoms with Crippen LogP contribution in [0.2, 0.25) is 0 Å². The first-order valence-corrected chi connectivity index (χ1v) is 16.4. The number of piperidine rings is 1. The van der Waals surface area contributed by atoms with Crippen LogP contribution in [0.15, 0.2) is 36.4 Å². The molecule has 3 amide bonds. The van der Waals surface area contributed by atoms with Crippen LogP contribution in [0.5, 0.6) is 0 Å². The van der Waals surface area contributed by atoms with Crippen LogP contribution in [0.4, 0.5) is 10.6 Å². The topological polar surface area (TPSA) is 144 Å². The van der Waals surface area contributed by atoms with Crippen molar-refractivity contribution in [3.05, 3.63) is 42.1 Å². The number of benzene rings is 1. The van der Waals surface area contributed by atoms with Gasteiger partial charge in [-0.25, -0.2) is 14.8 Å². The Bertz CT molecular complexity index is 1370. The van der Waals surface area contributed by atoms with Gasteiger partial charge in [0.05, 0.1) is 19.3 Å². The van der Waals surface area contributed by atoms with Gasteiger partial charge < -0.3 is 34.2 Å². The normalized spacial score (nSPS) is 17.6. The highest BCUT2D eigenvalue weighted by Gasteiger charge is 2.32. The van der Waals surface area contributed by atoms with Gasteiger partial charge in [0.15, 0.2) is 5.82 Å². The predicted molar refractivity (Wildman–Crippen MR) is 176 cm³/mol. The minimum Gasteiger partial charge on any atom is -0.460 e. The summed E-state index contributed by atoms with van der Waals surface area (Å²) < 4.78 is 16.1. The third-order valence-electron chi connectivity index (χ3n) is 8.04. The number of hydrogen-bond acceptors (Lipinski definition) is 10. The number of ether oxygens (including phenoxy) is 3. The number of aromatic nitrogens is 2. The summed E-state index contributed by atoms with van der Waals surface area (Å²) in [4.78, 5) is 67.4. The van der Waals surface area contributed by atoms with Gasteiger partial charge in [-0.2, -0.15) is 0 Å². The lowest BCUT2D eigenvalue weighted by Crippen LogP contribution is -2.56. The maximum atomic E-state index is 14.0. The Kier molecular flexibility index (Phi) is 12.5. The van der Waals surface area contributed by atoms with Crippen molar-refractivity contribution in [1.82, 2.24) is 25.1 Å². The molecule has 1 unspecified atom stereocenters. The molecule has 1 N–H and O–H groups in total. The van der Waals surface area contributed by atoms with Gasteiger partial charge in [0.25, 0.3) is 5.91 Å². The molecular formula is C34H48N6O7. The Balaban J connectivity index is 1.60. The third-order valence-corrected chi connectivity index (χ3v) is 8.04. The number of anilines is 1. The van der Waals surface area contributed by atoms with E-state index in [0.717, 1.165) is 31.4 Å². The van der Waals surface area contributed by atoms with Crippen molar-refractivity contribution in [2.24, 2.45) is 0 Å². The lowest BCUT2D eigenvalue weighted by atomic mass is 10.0. The lowest BCUT2D eigenvalue weighted by Gasteiger charge is -2.36. The fourth-order valence-electron chi connectivity index (χ4n) is 5.77. The average molecular weight is 653 g/mol. The van der Waals surface area contributed by atoms with Gasteiger partial charge in [-0.15, -0.1) is 0 Å². The van der Waals surface area contributed by atoms with E-state index in [4.69, 9.17) is 19.2 Å². The predicted octanol–water partition coefficient (Wildman–Crippen LogP) is 3.67. The monoisotopic (exact) mass is 652 g/mol. The largest absolute Gasteiger partial charge is 0.460 e. The molecule has 0 radical (unpaired) electrons. The molecular weight excluding hydrogens is 604 g/mol. The number of carbonyl (C=O) groups excluding carboxylic acids is 4. The number of methoxy groups -OCH3 is 1. The minimum atomic E-state index is -1.03. The van der Waals surface area contributed by atoms with Crippen LogP contribution >= 0.6 is 0 Å². The van der Waals surface area contributed by atoms with E-state index in [9.17, 15) is 19.2 Å². The molecule has 1 aromatic carbocycles. The summed E-state index contributed by atoms with van der Waals surface area (Å²) in [5.41, 5.74) is 0.169. The number of carbonyl (C=O) groups is 4. The van der Waals surface area contributed by atoms with E-state index >= 15 is 0 Å². The van der Waals surface area contributed by atoms with Crippen LogP contribution < -0.4 is 10.2 Å². The smallest absolute Gasteiger partial charge is 0.409 e. The number of hydrogen-bond donors (Lipinski definition) is 1. The summed E-state index contributed by atoms with van der Waals surface area (Å²) in [5.74, 6) is -0.376. The minimum absolute atomic E-state index is 0.0309. The molecule has 0 aliphatic carbocycles. The molecule has 0 bridgehead atoms. The molecule has 47 heavy (non-hydrogen) atoms. The van der Waals surface area contributed by atoms with E-state index in [2.05, 4.69) is 15.2 Å². The summed E-state index contributed by atoms with van der Waals surface area (Å²) in [6.07, 6.45) is 2.52. The standard InChI is InChI=1S/C34H48N6O7/c1-6-46-33(44)39-20-18-38(19-21-39)32(43)26(15-16-29(41)47-34(2,3)4)36-31(42)27-22-28(40-17-11-10-14-25(40)23-45-5)37-30(35-27)24-12-8-7-9-13-24/h7-9,12-13,22,25-26H,6,10-11,14-21,23H2,1-5H3,(H,36,42)/t25-,26?/m0/s1. The number of nitrogens with one attached hydrogen (secondary N) is 1. The van der Waals surface area contributed by atoms with Gasteiger partial charge in [-0.3, -0.25) is 14.4 Å². The molecule has 0 saturated carbocycles. The number of esters is 1. The van der Waals surface area contributed by atoms with Crippen molar-refractivity contribution in [2.45, 2.75) is 77.5 Å². The fourth-order valence-corrected chi connectivity index (χ4v) is 5.77. The van der Waals surface area contributed by atoms with Crippen LogP contribution in [0.3, 0.4) is 0 Å². The molecule has 2 aliphatic heterocycles. The Hall–Kier alpha value is -4.26. The van der Waals surface area contributed by atoms with E-state index in [1.807, 2.05) is 30.3 Å². The van der Waals surface area contributed by atoms with Gasteiger partial charge in [-0.1, -0.05) is 30.3 Å². The van der Waals surface area contributed by atoms with E-state index < -0.39 is 29.6 Å². The van der Waals surface area contributed by atoms with E-state index in [1.165, 1.54) is 0 Å². The van der Waals surface area contributed by atoms with Crippen LogP contribution in [-0.2, 0) is 23.8 Å². The summed E-state index contributed by atoms with van der Waals surface area (Å²) in [6.45, 7) is 9.73. The van der Waals surface area contributed by atoms with Gasteiger partial charge >= 0.3 is 12.1 Å². The second-order valence-electron chi connectivity index (χ2n) is 12.8. The first-order chi connectivity index (χ1) is 22.5. The van der Waals surface area contributed by atoms with Crippen molar-refractivity contribution in [3.63, 3.8) is 0 Å². The molecule has 0 spiro atoms. The Morgan fingerprint density at radius 1 is 0.979 bits per heavy atom. The lowest BCUT2D eigenvalue weighted by molar-refractivity contribution is -0.155. The molecule has 2 fully saturated rings. The van der Waals surface area contributed by atoms with Crippen LogP contribution in [0.25, 0.3) is 11.4 Å². The first kappa shape index (κ1) is 35.6. The Morgan fingerprint density at radius 3 is 2.34 bits per heavy atom. The van der Waals surface area contributed by atoms with E-state index in [1.54, 1.807) is 50.7 Å². The number of nitrogens with zero attached hydrogens (tertiary/aromatic N) is 5. The highest BCUT2D eigenvalue weighted by molar-refractivity contribution is 5.97. The number of amides is 3. The Labute approximate surface area is 276 Å². The van der Waals surface area contributed by atoms with Gasteiger partial charge in [0.1, 0.15) is 23.2 Å². The highest BCUT2D eigenvalue weighted by Crippen LogP contribution is 2.27. The summed E-state index contributed by atoms with van der Waals surface area (Å²) in [7, 11) is 1.67. The van der Waals surface area contributed by atoms with Gasteiger partial charge in [0.2, 0.25) is 5.91 Å². The first-order valence-electron chi connectivity index (χ1n) is 16.4. The molecule has 2 aliphatic rings. The molecule has 1 aromatic heterocycles. The molecule has 2 saturated heterocycles. The molecule has 13 nitrogen and oxygen atoms in total. The molecule has 3 heterocycles. The van der Waals surface area contributed by atoms with Crippen molar-refractivity contribution >= 4 is 29.7 Å². The highest BCUT2D eigenvalue weighted by atomic mass is 16.6. The van der Waals surface area contributed by atoms with Crippen molar-refractivity contribution in [2.75, 3.05) is 57.9 Å². The van der Waals surface area contributed by atoms with Gasteiger partial charge in [-0.05, 0) is 53.4 Å². The second-order valence-corrected chi connectivity index (χ2v) is 12.8. The molecule has 13 heteroatoms. The van der Waals surface area contributed by atoms with Crippen LogP contribution in [0, 0.1) is 0 Å². The molecule has 256 valence electrons. The summed E-state index contributed by atoms with van der Waals surface area (Å²) in [6, 6.07) is 10.1. The maximum absolute atomic E-state index is 14.0. The second kappa shape index (κ2) is 16.5. The zero-order valence-electron chi connectivity index (χ0n) is 28.2. The van der Waals surface area contributed by atoms with Gasteiger partial charge in [0, 0.05) is 57.9 Å². The van der Waals surface area contributed by atoms with Crippen molar-refractivity contribution in [1.29, 1.82) is 0 Å². The molecule has 4 rings (SSSR count). The zero-order valence-corrected chi connectivity index (χ0v) is 28.2. The van der Waals surface area contributed by atoms with Crippen LogP contribution in [-0.4, -0.2) is 114 Å². The zero-order chi connectivity index (χ0) is 34.0. The number of rotatable bonds is 11. The van der Waals surface area contributed by atoms with Crippen molar-refractivity contribution in [3.8, 4) is 11.4 Å². The maximum Gasteiger partial charge on any atom is 0.409 e. The molecule has 2 aromatic rings. The molecule has 2 atom stereocenters. The third kappa shape index (κ3) is 10.1. The van der Waals surface area contributed by atoms with E-state index in [-0.39, 0.29) is 50.2 Å². The summed E-state index contributed by atoms with van der Waals surface area (Å²) in [5, 5.41) is 2.87.